The molecule has 0 atom stereocenters. The van der Waals surface area contributed by atoms with Gasteiger partial charge < -0.3 is 4.74 Å². The minimum absolute atomic E-state index is 0.287. The van der Waals surface area contributed by atoms with Gasteiger partial charge in [0, 0.05) is 26.9 Å². The highest BCUT2D eigenvalue weighted by molar-refractivity contribution is 9.10. The molecule has 0 radical (unpaired) electrons. The fraction of sp³-hybridized carbons (Fsp3) is 0.100. The summed E-state index contributed by atoms with van der Waals surface area (Å²) in [6.45, 7) is 1.40. The van der Waals surface area contributed by atoms with Gasteiger partial charge in [-0.25, -0.2) is 0 Å². The lowest BCUT2D eigenvalue weighted by atomic mass is 10.2. The van der Waals surface area contributed by atoms with Crippen LogP contribution in [0.3, 0.4) is 0 Å². The van der Waals surface area contributed by atoms with Gasteiger partial charge in [-0.05, 0) is 18.2 Å². The largest absolute Gasteiger partial charge is 0.425 e. The molecule has 0 N–H and O–H groups in total. The summed E-state index contributed by atoms with van der Waals surface area (Å²) in [4.78, 5) is 10.8. The van der Waals surface area contributed by atoms with Gasteiger partial charge in [-0.3, -0.25) is 4.79 Å². The maximum atomic E-state index is 10.8. The molecule has 0 aliphatic heterocycles. The van der Waals surface area contributed by atoms with Gasteiger partial charge in [0.25, 0.3) is 0 Å². The van der Waals surface area contributed by atoms with Crippen molar-refractivity contribution in [2.75, 3.05) is 0 Å². The zero-order valence-electron chi connectivity index (χ0n) is 7.41. The molecule has 4 heteroatoms. The van der Waals surface area contributed by atoms with Crippen LogP contribution in [0.1, 0.15) is 6.92 Å². The molecule has 0 fully saturated rings. The van der Waals surface area contributed by atoms with Crippen molar-refractivity contribution in [1.29, 1.82) is 0 Å². The van der Waals surface area contributed by atoms with E-state index >= 15 is 0 Å². The third-order valence-corrected chi connectivity index (χ3v) is 3.19. The van der Waals surface area contributed by atoms with E-state index in [4.69, 9.17) is 4.74 Å². The Bertz CT molecular complexity index is 490. The van der Waals surface area contributed by atoms with Crippen molar-refractivity contribution in [2.24, 2.45) is 0 Å². The van der Waals surface area contributed by atoms with Gasteiger partial charge in [0.2, 0.25) is 0 Å². The van der Waals surface area contributed by atoms with Crippen molar-refractivity contribution in [1.82, 2.24) is 0 Å². The van der Waals surface area contributed by atoms with Crippen molar-refractivity contribution >= 4 is 43.3 Å². The van der Waals surface area contributed by atoms with Gasteiger partial charge in [0.1, 0.15) is 5.75 Å². The highest BCUT2D eigenvalue weighted by Crippen LogP contribution is 2.34. The molecule has 1 heterocycles. The van der Waals surface area contributed by atoms with Crippen molar-refractivity contribution < 1.29 is 9.53 Å². The fourth-order valence-electron chi connectivity index (χ4n) is 1.21. The van der Waals surface area contributed by atoms with Crippen LogP contribution in [0.5, 0.6) is 5.75 Å². The maximum Gasteiger partial charge on any atom is 0.308 e. The van der Waals surface area contributed by atoms with Crippen LogP contribution in [-0.4, -0.2) is 5.97 Å². The smallest absolute Gasteiger partial charge is 0.308 e. The number of carbonyl (C=O) groups is 1. The molecule has 0 aliphatic rings. The van der Waals surface area contributed by atoms with Crippen molar-refractivity contribution in [3.05, 3.63) is 28.1 Å². The lowest BCUT2D eigenvalue weighted by Gasteiger charge is -1.98. The van der Waals surface area contributed by atoms with E-state index in [1.807, 2.05) is 23.6 Å². The molecule has 2 nitrogen and oxygen atoms in total. The van der Waals surface area contributed by atoms with E-state index in [9.17, 15) is 4.79 Å². The molecule has 0 spiro atoms. The third kappa shape index (κ3) is 1.81. The quantitative estimate of drug-likeness (QED) is 0.741. The summed E-state index contributed by atoms with van der Waals surface area (Å²) in [5, 5.41) is 2.82. The van der Waals surface area contributed by atoms with Crippen LogP contribution < -0.4 is 4.74 Å². The van der Waals surface area contributed by atoms with Crippen molar-refractivity contribution in [3.63, 3.8) is 0 Å². The molecular formula is C10H7BrO2S. The summed E-state index contributed by atoms with van der Waals surface area (Å²) in [6.07, 6.45) is 0. The van der Waals surface area contributed by atoms with E-state index in [1.54, 1.807) is 11.3 Å². The highest BCUT2D eigenvalue weighted by atomic mass is 79.9. The molecule has 2 rings (SSSR count). The number of rotatable bonds is 1. The Morgan fingerprint density at radius 2 is 2.29 bits per heavy atom. The van der Waals surface area contributed by atoms with Gasteiger partial charge >= 0.3 is 5.97 Å². The molecule has 0 saturated heterocycles. The SMILES string of the molecule is CC(=O)Oc1csc2ccc(Br)cc12. The molecular weight excluding hydrogens is 264 g/mol. The van der Waals surface area contributed by atoms with Crippen molar-refractivity contribution in [3.8, 4) is 5.75 Å². The van der Waals surface area contributed by atoms with Crippen molar-refractivity contribution in [2.45, 2.75) is 6.92 Å². The zero-order chi connectivity index (χ0) is 10.1. The second-order valence-corrected chi connectivity index (χ2v) is 4.66. The van der Waals surface area contributed by atoms with Crippen LogP contribution in [-0.2, 0) is 4.79 Å². The van der Waals surface area contributed by atoms with Gasteiger partial charge in [0.15, 0.2) is 0 Å². The molecule has 14 heavy (non-hydrogen) atoms. The Balaban J connectivity index is 2.55. The average molecular weight is 271 g/mol. The van der Waals surface area contributed by atoms with Gasteiger partial charge in [0.05, 0.1) is 0 Å². The molecule has 0 unspecified atom stereocenters. The minimum Gasteiger partial charge on any atom is -0.425 e. The lowest BCUT2D eigenvalue weighted by Crippen LogP contribution is -2.00. The normalized spacial score (nSPS) is 10.4. The lowest BCUT2D eigenvalue weighted by molar-refractivity contribution is -0.131. The summed E-state index contributed by atoms with van der Waals surface area (Å²) in [6, 6.07) is 5.91. The van der Waals surface area contributed by atoms with Crippen LogP contribution in [0.4, 0.5) is 0 Å². The molecule has 2 aromatic rings. The summed E-state index contributed by atoms with van der Waals surface area (Å²) >= 11 is 4.95. The van der Waals surface area contributed by atoms with Crippen LogP contribution in [0, 0.1) is 0 Å². The van der Waals surface area contributed by atoms with E-state index in [0.717, 1.165) is 14.6 Å². The summed E-state index contributed by atoms with van der Waals surface area (Å²) in [5.74, 6) is 0.350. The molecule has 1 aromatic heterocycles. The Hall–Kier alpha value is -0.870. The molecule has 0 amide bonds. The number of benzene rings is 1. The number of halogens is 1. The van der Waals surface area contributed by atoms with E-state index in [-0.39, 0.29) is 5.97 Å². The Kier molecular flexibility index (Phi) is 2.56. The minimum atomic E-state index is -0.287. The average Bonchev–Trinajstić information content (AvgIpc) is 2.47. The van der Waals surface area contributed by atoms with E-state index < -0.39 is 0 Å². The summed E-state index contributed by atoms with van der Waals surface area (Å²) < 4.78 is 7.17. The first-order chi connectivity index (χ1) is 6.66. The first-order valence-corrected chi connectivity index (χ1v) is 5.69. The van der Waals surface area contributed by atoms with E-state index in [0.29, 0.717) is 5.75 Å². The van der Waals surface area contributed by atoms with Crippen LogP contribution in [0.15, 0.2) is 28.1 Å². The first-order valence-electron chi connectivity index (χ1n) is 4.02. The number of carbonyl (C=O) groups excluding carboxylic acids is 1. The number of thiophene rings is 1. The number of esters is 1. The van der Waals surface area contributed by atoms with Crippen LogP contribution >= 0.6 is 27.3 Å². The van der Waals surface area contributed by atoms with Gasteiger partial charge in [-0.1, -0.05) is 15.9 Å². The summed E-state index contributed by atoms with van der Waals surface area (Å²) in [7, 11) is 0. The molecule has 0 saturated carbocycles. The molecule has 1 aromatic carbocycles. The predicted octanol–water partition coefficient (Wildman–Crippen LogP) is 3.59. The Labute approximate surface area is 93.6 Å². The van der Waals surface area contributed by atoms with Crippen LogP contribution in [0.25, 0.3) is 10.1 Å². The monoisotopic (exact) mass is 270 g/mol. The zero-order valence-corrected chi connectivity index (χ0v) is 9.81. The predicted molar refractivity (Wildman–Crippen MR) is 60.8 cm³/mol. The number of fused-ring (bicyclic) bond motifs is 1. The standard InChI is InChI=1S/C10H7BrO2S/c1-6(12)13-9-5-14-10-3-2-7(11)4-8(9)10/h2-5H,1H3. The Morgan fingerprint density at radius 1 is 1.50 bits per heavy atom. The number of hydrogen-bond donors (Lipinski definition) is 0. The highest BCUT2D eigenvalue weighted by Gasteiger charge is 2.07. The molecule has 0 bridgehead atoms. The van der Waals surface area contributed by atoms with Crippen LogP contribution in [0.2, 0.25) is 0 Å². The summed E-state index contributed by atoms with van der Waals surface area (Å²) in [5.41, 5.74) is 0. The second kappa shape index (κ2) is 3.71. The topological polar surface area (TPSA) is 26.3 Å². The molecule has 72 valence electrons. The number of hydrogen-bond acceptors (Lipinski definition) is 3. The van der Waals surface area contributed by atoms with E-state index in [1.165, 1.54) is 6.92 Å². The molecule has 0 aliphatic carbocycles. The number of ether oxygens (including phenoxy) is 1. The maximum absolute atomic E-state index is 10.8. The van der Waals surface area contributed by atoms with Gasteiger partial charge in [-0.2, -0.15) is 0 Å². The fourth-order valence-corrected chi connectivity index (χ4v) is 2.42. The second-order valence-electron chi connectivity index (χ2n) is 2.83. The Morgan fingerprint density at radius 3 is 3.00 bits per heavy atom. The third-order valence-electron chi connectivity index (χ3n) is 1.75. The van der Waals surface area contributed by atoms with Gasteiger partial charge in [-0.15, -0.1) is 11.3 Å². The van der Waals surface area contributed by atoms with E-state index in [2.05, 4.69) is 15.9 Å². The first kappa shape index (κ1) is 9.68.